The number of nitrogens with one attached hydrogen (secondary N) is 2. The molecule has 0 aliphatic heterocycles. The third-order valence-electron chi connectivity index (χ3n) is 5.26. The minimum absolute atomic E-state index is 0.00506. The van der Waals surface area contributed by atoms with E-state index in [1.54, 1.807) is 33.8 Å². The van der Waals surface area contributed by atoms with Crippen LogP contribution in [0.4, 0.5) is 4.79 Å². The number of carbonyl (C=O) groups excluding carboxylic acids is 4. The molecule has 0 saturated heterocycles. The SMILES string of the molecule is C=CCN(C(=O)C(CCSC)NC(=O)OC(C)(C)C)C(C(=O)NCCC(=O)OCC)c1cc(C)cc(C)c1. The van der Waals surface area contributed by atoms with Crippen LogP contribution in [0, 0.1) is 13.8 Å². The molecule has 38 heavy (non-hydrogen) atoms. The first-order valence-electron chi connectivity index (χ1n) is 12.7. The quantitative estimate of drug-likeness (QED) is 0.266. The molecule has 0 aliphatic rings. The summed E-state index contributed by atoms with van der Waals surface area (Å²) >= 11 is 1.54. The second-order valence-corrected chi connectivity index (χ2v) is 10.9. The first-order chi connectivity index (χ1) is 17.8. The molecule has 2 N–H and O–H groups in total. The van der Waals surface area contributed by atoms with Crippen molar-refractivity contribution in [3.63, 3.8) is 0 Å². The van der Waals surface area contributed by atoms with E-state index in [0.29, 0.717) is 17.7 Å². The van der Waals surface area contributed by atoms with Crippen molar-refractivity contribution in [3.8, 4) is 0 Å². The van der Waals surface area contributed by atoms with Crippen LogP contribution in [0.25, 0.3) is 0 Å². The Kier molecular flexibility index (Phi) is 14.0. The van der Waals surface area contributed by atoms with Crippen molar-refractivity contribution in [1.82, 2.24) is 15.5 Å². The average molecular weight is 550 g/mol. The van der Waals surface area contributed by atoms with E-state index in [9.17, 15) is 19.2 Å². The number of thioether (sulfide) groups is 1. The summed E-state index contributed by atoms with van der Waals surface area (Å²) in [5, 5.41) is 5.47. The van der Waals surface area contributed by atoms with Crippen molar-refractivity contribution in [3.05, 3.63) is 47.5 Å². The fourth-order valence-corrected chi connectivity index (χ4v) is 4.33. The lowest BCUT2D eigenvalue weighted by molar-refractivity contribution is -0.144. The van der Waals surface area contributed by atoms with E-state index in [4.69, 9.17) is 9.47 Å². The van der Waals surface area contributed by atoms with Crippen molar-refractivity contribution in [2.24, 2.45) is 0 Å². The summed E-state index contributed by atoms with van der Waals surface area (Å²) in [6.45, 7) is 14.9. The van der Waals surface area contributed by atoms with Crippen molar-refractivity contribution < 1.29 is 28.7 Å². The number of rotatable bonds is 14. The molecular weight excluding hydrogens is 506 g/mol. The van der Waals surface area contributed by atoms with Crippen LogP contribution in [0.2, 0.25) is 0 Å². The van der Waals surface area contributed by atoms with Crippen LogP contribution in [-0.4, -0.2) is 72.1 Å². The van der Waals surface area contributed by atoms with Gasteiger partial charge in [-0.3, -0.25) is 14.4 Å². The molecule has 10 heteroatoms. The number of aryl methyl sites for hydroxylation is 2. The molecule has 1 rings (SSSR count). The van der Waals surface area contributed by atoms with Gasteiger partial charge in [-0.15, -0.1) is 6.58 Å². The highest BCUT2D eigenvalue weighted by atomic mass is 32.2. The van der Waals surface area contributed by atoms with Crippen LogP contribution in [0.1, 0.15) is 63.3 Å². The van der Waals surface area contributed by atoms with Gasteiger partial charge in [0.2, 0.25) is 11.8 Å². The lowest BCUT2D eigenvalue weighted by Crippen LogP contribution is -2.53. The van der Waals surface area contributed by atoms with Gasteiger partial charge in [-0.1, -0.05) is 35.4 Å². The van der Waals surface area contributed by atoms with Crippen LogP contribution in [0.15, 0.2) is 30.9 Å². The molecule has 0 aromatic heterocycles. The summed E-state index contributed by atoms with van der Waals surface area (Å²) in [6, 6.07) is 3.75. The Hall–Kier alpha value is -3.01. The fraction of sp³-hybridized carbons (Fsp3) is 0.571. The number of hydrogen-bond donors (Lipinski definition) is 2. The number of amides is 3. The summed E-state index contributed by atoms with van der Waals surface area (Å²) in [5.41, 5.74) is 1.74. The topological polar surface area (TPSA) is 114 Å². The van der Waals surface area contributed by atoms with Crippen LogP contribution < -0.4 is 10.6 Å². The summed E-state index contributed by atoms with van der Waals surface area (Å²) in [7, 11) is 0. The zero-order valence-corrected chi connectivity index (χ0v) is 24.5. The van der Waals surface area contributed by atoms with Gasteiger partial charge in [-0.2, -0.15) is 11.8 Å². The van der Waals surface area contributed by atoms with Gasteiger partial charge in [-0.25, -0.2) is 4.79 Å². The van der Waals surface area contributed by atoms with Gasteiger partial charge in [0.15, 0.2) is 0 Å². The Bertz CT molecular complexity index is 956. The van der Waals surface area contributed by atoms with E-state index >= 15 is 0 Å². The van der Waals surface area contributed by atoms with Crippen LogP contribution in [0.3, 0.4) is 0 Å². The first-order valence-corrected chi connectivity index (χ1v) is 14.1. The molecule has 0 aliphatic carbocycles. The van der Waals surface area contributed by atoms with E-state index in [0.717, 1.165) is 11.1 Å². The molecular formula is C28H43N3O6S. The van der Waals surface area contributed by atoms with Crippen molar-refractivity contribution in [2.75, 3.05) is 31.7 Å². The smallest absolute Gasteiger partial charge is 0.408 e. The minimum Gasteiger partial charge on any atom is -0.466 e. The van der Waals surface area contributed by atoms with Crippen molar-refractivity contribution >= 4 is 35.6 Å². The van der Waals surface area contributed by atoms with Crippen molar-refractivity contribution in [2.45, 2.75) is 72.1 Å². The Balaban J connectivity index is 3.40. The normalized spacial score (nSPS) is 12.6. The number of ether oxygens (including phenoxy) is 2. The minimum atomic E-state index is -1.02. The Labute approximate surface area is 231 Å². The Morgan fingerprint density at radius 2 is 1.76 bits per heavy atom. The van der Waals surface area contributed by atoms with Gasteiger partial charge in [0.25, 0.3) is 0 Å². The lowest BCUT2D eigenvalue weighted by atomic mass is 9.98. The highest BCUT2D eigenvalue weighted by Gasteiger charge is 2.35. The molecule has 0 radical (unpaired) electrons. The zero-order valence-electron chi connectivity index (χ0n) is 23.7. The van der Waals surface area contributed by atoms with Crippen molar-refractivity contribution in [1.29, 1.82) is 0 Å². The highest BCUT2D eigenvalue weighted by molar-refractivity contribution is 7.98. The lowest BCUT2D eigenvalue weighted by Gasteiger charge is -2.34. The molecule has 0 saturated carbocycles. The molecule has 212 valence electrons. The summed E-state index contributed by atoms with van der Waals surface area (Å²) in [5.74, 6) is -0.702. The van der Waals surface area contributed by atoms with Crippen LogP contribution >= 0.6 is 11.8 Å². The maximum absolute atomic E-state index is 13.9. The summed E-state index contributed by atoms with van der Waals surface area (Å²) < 4.78 is 10.3. The molecule has 0 spiro atoms. The maximum atomic E-state index is 13.9. The maximum Gasteiger partial charge on any atom is 0.408 e. The van der Waals surface area contributed by atoms with E-state index < -0.39 is 41.6 Å². The largest absolute Gasteiger partial charge is 0.466 e. The van der Waals surface area contributed by atoms with Gasteiger partial charge >= 0.3 is 12.1 Å². The summed E-state index contributed by atoms with van der Waals surface area (Å²) in [4.78, 5) is 53.3. The highest BCUT2D eigenvalue weighted by Crippen LogP contribution is 2.25. The second-order valence-electron chi connectivity index (χ2n) is 9.93. The molecule has 1 aromatic carbocycles. The third-order valence-corrected chi connectivity index (χ3v) is 5.91. The molecule has 1 aromatic rings. The van der Waals surface area contributed by atoms with Gasteiger partial charge in [-0.05, 0) is 65.5 Å². The van der Waals surface area contributed by atoms with E-state index in [1.807, 2.05) is 38.3 Å². The molecule has 2 unspecified atom stereocenters. The molecule has 0 fully saturated rings. The second kappa shape index (κ2) is 16.1. The fourth-order valence-electron chi connectivity index (χ4n) is 3.86. The Morgan fingerprint density at radius 3 is 2.29 bits per heavy atom. The van der Waals surface area contributed by atoms with E-state index in [2.05, 4.69) is 17.2 Å². The predicted octanol–water partition coefficient (Wildman–Crippen LogP) is 4.07. The van der Waals surface area contributed by atoms with Gasteiger partial charge in [0.05, 0.1) is 13.0 Å². The molecule has 0 heterocycles. The molecule has 2 atom stereocenters. The first kappa shape index (κ1) is 33.0. The van der Waals surface area contributed by atoms with E-state index in [-0.39, 0.29) is 26.1 Å². The third kappa shape index (κ3) is 11.6. The predicted molar refractivity (Wildman–Crippen MR) is 151 cm³/mol. The molecule has 9 nitrogen and oxygen atoms in total. The van der Waals surface area contributed by atoms with Gasteiger partial charge in [0.1, 0.15) is 17.7 Å². The number of carbonyl (C=O) groups is 4. The molecule has 0 bridgehead atoms. The van der Waals surface area contributed by atoms with Gasteiger partial charge < -0.3 is 25.0 Å². The van der Waals surface area contributed by atoms with Gasteiger partial charge in [0, 0.05) is 13.1 Å². The molecule has 3 amide bonds. The number of alkyl carbamates (subject to hydrolysis) is 1. The van der Waals surface area contributed by atoms with Crippen LogP contribution in [-0.2, 0) is 23.9 Å². The summed E-state index contributed by atoms with van der Waals surface area (Å²) in [6.07, 6.45) is 3.09. The standard InChI is InChI=1S/C28H43N3O6S/c1-9-14-31(26(34)22(12-15-38-8)30-27(35)37-28(5,6)7)24(21-17-19(3)16-20(4)18-21)25(33)29-13-11-23(32)36-10-2/h9,16-18,22,24H,1,10-15H2,2-8H3,(H,29,33)(H,30,35). The monoisotopic (exact) mass is 549 g/mol. The average Bonchev–Trinajstić information content (AvgIpc) is 2.79. The number of benzene rings is 1. The zero-order chi connectivity index (χ0) is 28.9. The van der Waals surface area contributed by atoms with E-state index in [1.165, 1.54) is 16.7 Å². The number of hydrogen-bond acceptors (Lipinski definition) is 7. The number of nitrogens with zero attached hydrogens (tertiary/aromatic N) is 1. The Morgan fingerprint density at radius 1 is 1.13 bits per heavy atom. The van der Waals surface area contributed by atoms with Crippen LogP contribution in [0.5, 0.6) is 0 Å². The number of esters is 1.